The van der Waals surface area contributed by atoms with Crippen LogP contribution in [-0.4, -0.2) is 29.5 Å². The maximum atomic E-state index is 9.57. The van der Waals surface area contributed by atoms with Gasteiger partial charge in [0.15, 0.2) is 0 Å². The Kier molecular flexibility index (Phi) is 7.84. The largest absolute Gasteiger partial charge is 0.394 e. The molecule has 0 aromatic heterocycles. The van der Waals surface area contributed by atoms with Gasteiger partial charge >= 0.3 is 0 Å². The van der Waals surface area contributed by atoms with Crippen LogP contribution >= 0.6 is 23.4 Å². The minimum atomic E-state index is -0.102. The van der Waals surface area contributed by atoms with Gasteiger partial charge in [0.2, 0.25) is 0 Å². The molecule has 1 unspecified atom stereocenters. The molecule has 0 spiro atoms. The molecule has 0 fully saturated rings. The van der Waals surface area contributed by atoms with Gasteiger partial charge in [-0.15, -0.1) is 11.8 Å². The van der Waals surface area contributed by atoms with Gasteiger partial charge in [0, 0.05) is 15.5 Å². The molecule has 108 valence electrons. The first kappa shape index (κ1) is 16.8. The molecule has 0 aliphatic rings. The van der Waals surface area contributed by atoms with Gasteiger partial charge in [-0.2, -0.15) is 0 Å². The van der Waals surface area contributed by atoms with Gasteiger partial charge in [0.05, 0.1) is 6.61 Å². The number of benzene rings is 1. The van der Waals surface area contributed by atoms with Crippen LogP contribution in [-0.2, 0) is 0 Å². The smallest absolute Gasteiger partial charge is 0.0613 e. The van der Waals surface area contributed by atoms with E-state index in [-0.39, 0.29) is 12.1 Å². The summed E-state index contributed by atoms with van der Waals surface area (Å²) >= 11 is 7.70. The molecular formula is C15H24ClNOS. The minimum Gasteiger partial charge on any atom is -0.394 e. The van der Waals surface area contributed by atoms with Crippen LogP contribution in [0.4, 0.5) is 0 Å². The number of aliphatic hydroxyl groups excluding tert-OH is 1. The molecule has 0 radical (unpaired) electrons. The van der Waals surface area contributed by atoms with Crippen LogP contribution in [0.2, 0.25) is 5.02 Å². The number of halogens is 1. The quantitative estimate of drug-likeness (QED) is 0.535. The van der Waals surface area contributed by atoms with E-state index in [0.29, 0.717) is 0 Å². The van der Waals surface area contributed by atoms with E-state index < -0.39 is 0 Å². The number of hydrogen-bond acceptors (Lipinski definition) is 3. The van der Waals surface area contributed by atoms with Crippen LogP contribution in [0.1, 0.15) is 33.1 Å². The van der Waals surface area contributed by atoms with E-state index in [9.17, 15) is 5.11 Å². The van der Waals surface area contributed by atoms with Crippen LogP contribution < -0.4 is 5.32 Å². The van der Waals surface area contributed by atoms with Crippen LogP contribution in [0.5, 0.6) is 0 Å². The molecule has 1 aromatic rings. The fourth-order valence-corrected chi connectivity index (χ4v) is 3.12. The van der Waals surface area contributed by atoms with Crippen molar-refractivity contribution in [3.8, 4) is 0 Å². The SMILES string of the molecule is CCNC(CC)(CO)CCCSc1ccc(Cl)cc1. The zero-order chi connectivity index (χ0) is 14.1. The number of thioether (sulfide) groups is 1. The third-order valence-electron chi connectivity index (χ3n) is 3.41. The maximum Gasteiger partial charge on any atom is 0.0613 e. The normalized spacial score (nSPS) is 14.3. The van der Waals surface area contributed by atoms with Gasteiger partial charge < -0.3 is 10.4 Å². The highest BCUT2D eigenvalue weighted by Crippen LogP contribution is 2.24. The second-order valence-electron chi connectivity index (χ2n) is 4.73. The van der Waals surface area contributed by atoms with Crippen molar-refractivity contribution in [3.05, 3.63) is 29.3 Å². The van der Waals surface area contributed by atoms with Gasteiger partial charge in [0.1, 0.15) is 0 Å². The van der Waals surface area contributed by atoms with E-state index in [1.165, 1.54) is 4.90 Å². The lowest BCUT2D eigenvalue weighted by molar-refractivity contribution is 0.148. The predicted molar refractivity (Wildman–Crippen MR) is 85.2 cm³/mol. The van der Waals surface area contributed by atoms with Crippen molar-refractivity contribution in [2.24, 2.45) is 0 Å². The summed E-state index contributed by atoms with van der Waals surface area (Å²) < 4.78 is 0. The van der Waals surface area contributed by atoms with Crippen molar-refractivity contribution in [2.45, 2.75) is 43.5 Å². The molecule has 1 rings (SSSR count). The summed E-state index contributed by atoms with van der Waals surface area (Å²) in [7, 11) is 0. The molecule has 0 aliphatic heterocycles. The molecule has 19 heavy (non-hydrogen) atoms. The summed E-state index contributed by atoms with van der Waals surface area (Å²) in [6.45, 7) is 5.33. The molecule has 0 aliphatic carbocycles. The van der Waals surface area contributed by atoms with E-state index in [2.05, 4.69) is 31.3 Å². The Morgan fingerprint density at radius 2 is 1.95 bits per heavy atom. The summed E-state index contributed by atoms with van der Waals surface area (Å²) in [5.41, 5.74) is -0.102. The fraction of sp³-hybridized carbons (Fsp3) is 0.600. The molecule has 0 saturated carbocycles. The average Bonchev–Trinajstić information content (AvgIpc) is 2.44. The standard InChI is InChI=1S/C15H24ClNOS/c1-3-15(12-18,17-4-2)10-5-11-19-14-8-6-13(16)7-9-14/h6-9,17-18H,3-5,10-12H2,1-2H3. The Hall–Kier alpha value is -0.220. The zero-order valence-corrected chi connectivity index (χ0v) is 13.4. The van der Waals surface area contributed by atoms with E-state index in [4.69, 9.17) is 11.6 Å². The molecular weight excluding hydrogens is 278 g/mol. The van der Waals surface area contributed by atoms with Crippen LogP contribution in [0, 0.1) is 0 Å². The first-order valence-electron chi connectivity index (χ1n) is 6.90. The second-order valence-corrected chi connectivity index (χ2v) is 6.33. The van der Waals surface area contributed by atoms with E-state index in [1.807, 2.05) is 23.9 Å². The third-order valence-corrected chi connectivity index (χ3v) is 4.76. The Bertz CT molecular complexity index is 352. The molecule has 2 nitrogen and oxygen atoms in total. The molecule has 4 heteroatoms. The molecule has 1 aromatic carbocycles. The minimum absolute atomic E-state index is 0.102. The van der Waals surface area contributed by atoms with Crippen molar-refractivity contribution < 1.29 is 5.11 Å². The lowest BCUT2D eigenvalue weighted by Gasteiger charge is -2.31. The number of likely N-dealkylation sites (N-methyl/N-ethyl adjacent to an activating group) is 1. The van der Waals surface area contributed by atoms with Gasteiger partial charge in [-0.05, 0) is 55.8 Å². The number of nitrogens with one attached hydrogen (secondary N) is 1. The van der Waals surface area contributed by atoms with Crippen molar-refractivity contribution in [1.82, 2.24) is 5.32 Å². The predicted octanol–water partition coefficient (Wildman–Crippen LogP) is 3.96. The van der Waals surface area contributed by atoms with E-state index in [1.54, 1.807) is 0 Å². The monoisotopic (exact) mass is 301 g/mol. The summed E-state index contributed by atoms with van der Waals surface area (Å²) in [4.78, 5) is 1.25. The van der Waals surface area contributed by atoms with Gasteiger partial charge in [0.25, 0.3) is 0 Å². The fourth-order valence-electron chi connectivity index (χ4n) is 2.14. The first-order chi connectivity index (χ1) is 9.15. The highest BCUT2D eigenvalue weighted by molar-refractivity contribution is 7.99. The summed E-state index contributed by atoms with van der Waals surface area (Å²) in [6, 6.07) is 7.95. The Balaban J connectivity index is 2.34. The molecule has 0 bridgehead atoms. The van der Waals surface area contributed by atoms with E-state index in [0.717, 1.165) is 36.6 Å². The van der Waals surface area contributed by atoms with Gasteiger partial charge in [-0.1, -0.05) is 25.4 Å². The molecule has 2 N–H and O–H groups in total. The van der Waals surface area contributed by atoms with Crippen molar-refractivity contribution >= 4 is 23.4 Å². The molecule has 0 amide bonds. The number of hydrogen-bond donors (Lipinski definition) is 2. The van der Waals surface area contributed by atoms with Crippen LogP contribution in [0.15, 0.2) is 29.2 Å². The lowest BCUT2D eigenvalue weighted by atomic mass is 9.91. The first-order valence-corrected chi connectivity index (χ1v) is 8.26. The highest BCUT2D eigenvalue weighted by atomic mass is 35.5. The molecule has 0 heterocycles. The summed E-state index contributed by atoms with van der Waals surface area (Å²) in [6.07, 6.45) is 3.06. The Morgan fingerprint density at radius 1 is 1.26 bits per heavy atom. The van der Waals surface area contributed by atoms with Crippen LogP contribution in [0.3, 0.4) is 0 Å². The van der Waals surface area contributed by atoms with Crippen LogP contribution in [0.25, 0.3) is 0 Å². The lowest BCUT2D eigenvalue weighted by Crippen LogP contribution is -2.48. The highest BCUT2D eigenvalue weighted by Gasteiger charge is 2.25. The van der Waals surface area contributed by atoms with Crippen molar-refractivity contribution in [2.75, 3.05) is 18.9 Å². The summed E-state index contributed by atoms with van der Waals surface area (Å²) in [5, 5.41) is 13.8. The Morgan fingerprint density at radius 3 is 2.47 bits per heavy atom. The topological polar surface area (TPSA) is 32.3 Å². The van der Waals surface area contributed by atoms with E-state index >= 15 is 0 Å². The average molecular weight is 302 g/mol. The third kappa shape index (κ3) is 5.74. The number of rotatable bonds is 9. The second kappa shape index (κ2) is 8.85. The van der Waals surface area contributed by atoms with Crippen molar-refractivity contribution in [1.29, 1.82) is 0 Å². The summed E-state index contributed by atoms with van der Waals surface area (Å²) in [5.74, 6) is 1.06. The van der Waals surface area contributed by atoms with Gasteiger partial charge in [-0.25, -0.2) is 0 Å². The molecule has 1 atom stereocenters. The molecule has 0 saturated heterocycles. The maximum absolute atomic E-state index is 9.57. The van der Waals surface area contributed by atoms with Gasteiger partial charge in [-0.3, -0.25) is 0 Å². The number of aliphatic hydroxyl groups is 1. The zero-order valence-electron chi connectivity index (χ0n) is 11.8. The Labute approximate surface area is 125 Å². The van der Waals surface area contributed by atoms with Crippen molar-refractivity contribution in [3.63, 3.8) is 0 Å².